The molecular formula is C16H15F3N6O. The van der Waals surface area contributed by atoms with Crippen molar-refractivity contribution < 1.29 is 17.7 Å². The molecule has 0 saturated heterocycles. The van der Waals surface area contributed by atoms with E-state index in [-0.39, 0.29) is 11.6 Å². The lowest BCUT2D eigenvalue weighted by Gasteiger charge is -2.16. The van der Waals surface area contributed by atoms with Crippen LogP contribution in [0.25, 0.3) is 11.4 Å². The highest BCUT2D eigenvalue weighted by Gasteiger charge is 2.34. The molecule has 0 bridgehead atoms. The molecule has 0 radical (unpaired) electrons. The molecule has 26 heavy (non-hydrogen) atoms. The van der Waals surface area contributed by atoms with Gasteiger partial charge in [0.1, 0.15) is 5.82 Å². The number of pyridine rings is 1. The maximum absolute atomic E-state index is 13.2. The summed E-state index contributed by atoms with van der Waals surface area (Å²) in [5.41, 5.74) is -0.612. The van der Waals surface area contributed by atoms with Crippen molar-refractivity contribution in [2.24, 2.45) is 0 Å². The Morgan fingerprint density at radius 3 is 2.46 bits per heavy atom. The fourth-order valence-corrected chi connectivity index (χ4v) is 2.28. The Hall–Kier alpha value is -3.04. The summed E-state index contributed by atoms with van der Waals surface area (Å²) in [5, 5.41) is 6.74. The molecule has 10 heteroatoms. The fourth-order valence-electron chi connectivity index (χ4n) is 2.28. The van der Waals surface area contributed by atoms with Gasteiger partial charge in [0.05, 0.1) is 6.04 Å². The summed E-state index contributed by atoms with van der Waals surface area (Å²) in [6.45, 7) is 3.48. The summed E-state index contributed by atoms with van der Waals surface area (Å²) < 4.78 is 44.7. The summed E-state index contributed by atoms with van der Waals surface area (Å²) in [5.74, 6) is 0.691. The average molecular weight is 364 g/mol. The first-order valence-electron chi connectivity index (χ1n) is 7.80. The third-order valence-electron chi connectivity index (χ3n) is 3.54. The Bertz CT molecular complexity index is 881. The minimum Gasteiger partial charge on any atom is -0.360 e. The molecule has 3 rings (SSSR count). The third-order valence-corrected chi connectivity index (χ3v) is 3.54. The van der Waals surface area contributed by atoms with Crippen LogP contribution in [-0.4, -0.2) is 25.1 Å². The van der Waals surface area contributed by atoms with Crippen molar-refractivity contribution >= 4 is 5.82 Å². The highest BCUT2D eigenvalue weighted by atomic mass is 19.4. The predicted octanol–water partition coefficient (Wildman–Crippen LogP) is 3.81. The Morgan fingerprint density at radius 1 is 1.15 bits per heavy atom. The van der Waals surface area contributed by atoms with E-state index in [1.165, 1.54) is 12.4 Å². The monoisotopic (exact) mass is 364 g/mol. The highest BCUT2D eigenvalue weighted by Crippen LogP contribution is 2.31. The summed E-state index contributed by atoms with van der Waals surface area (Å²) in [7, 11) is 0. The molecule has 3 aromatic rings. The van der Waals surface area contributed by atoms with Crippen molar-refractivity contribution in [3.05, 3.63) is 48.0 Å². The number of alkyl halides is 3. The zero-order chi connectivity index (χ0) is 18.7. The van der Waals surface area contributed by atoms with E-state index in [0.29, 0.717) is 23.7 Å². The number of rotatable bonds is 5. The number of halogens is 3. The second-order valence-corrected chi connectivity index (χ2v) is 5.47. The van der Waals surface area contributed by atoms with Crippen LogP contribution >= 0.6 is 0 Å². The van der Waals surface area contributed by atoms with E-state index >= 15 is 0 Å². The molecule has 1 unspecified atom stereocenters. The van der Waals surface area contributed by atoms with Gasteiger partial charge in [-0.05, 0) is 18.6 Å². The minimum atomic E-state index is -4.61. The molecule has 136 valence electrons. The first-order chi connectivity index (χ1) is 12.4. The van der Waals surface area contributed by atoms with Crippen LogP contribution in [0.4, 0.5) is 19.0 Å². The quantitative estimate of drug-likeness (QED) is 0.736. The number of hydrogen-bond donors (Lipinski definition) is 1. The van der Waals surface area contributed by atoms with Gasteiger partial charge in [-0.25, -0.2) is 9.97 Å². The average Bonchev–Trinajstić information content (AvgIpc) is 3.05. The second-order valence-electron chi connectivity index (χ2n) is 5.47. The molecule has 0 spiro atoms. The number of aryl methyl sites for hydroxylation is 1. The van der Waals surface area contributed by atoms with Gasteiger partial charge in [-0.15, -0.1) is 0 Å². The summed E-state index contributed by atoms with van der Waals surface area (Å²) >= 11 is 0. The lowest BCUT2D eigenvalue weighted by atomic mass is 10.2. The number of hydrogen-bond acceptors (Lipinski definition) is 7. The molecule has 0 aliphatic carbocycles. The van der Waals surface area contributed by atoms with Crippen molar-refractivity contribution in [1.82, 2.24) is 25.1 Å². The molecule has 0 fully saturated rings. The van der Waals surface area contributed by atoms with Crippen LogP contribution in [0, 0.1) is 6.92 Å². The molecule has 0 amide bonds. The Morgan fingerprint density at radius 2 is 1.88 bits per heavy atom. The van der Waals surface area contributed by atoms with Gasteiger partial charge in [-0.3, -0.25) is 4.98 Å². The molecule has 3 aromatic heterocycles. The van der Waals surface area contributed by atoms with E-state index in [0.717, 1.165) is 6.07 Å². The van der Waals surface area contributed by atoms with Crippen molar-refractivity contribution in [3.63, 3.8) is 0 Å². The van der Waals surface area contributed by atoms with Gasteiger partial charge in [0.15, 0.2) is 17.3 Å². The zero-order valence-corrected chi connectivity index (χ0v) is 13.9. The molecule has 0 aromatic carbocycles. The van der Waals surface area contributed by atoms with Gasteiger partial charge >= 0.3 is 6.18 Å². The lowest BCUT2D eigenvalue weighted by Crippen LogP contribution is -2.16. The van der Waals surface area contributed by atoms with Crippen molar-refractivity contribution in [2.75, 3.05) is 5.32 Å². The second kappa shape index (κ2) is 7.06. The van der Waals surface area contributed by atoms with Crippen LogP contribution < -0.4 is 5.32 Å². The minimum absolute atomic E-state index is 0.0217. The van der Waals surface area contributed by atoms with Crippen LogP contribution in [0.3, 0.4) is 0 Å². The largest absolute Gasteiger partial charge is 0.433 e. The third kappa shape index (κ3) is 3.95. The van der Waals surface area contributed by atoms with Crippen LogP contribution in [0.1, 0.15) is 36.8 Å². The number of nitrogens with one attached hydrogen (secondary N) is 1. The van der Waals surface area contributed by atoms with E-state index in [4.69, 9.17) is 4.52 Å². The predicted molar refractivity (Wildman–Crippen MR) is 86.0 cm³/mol. The number of aromatic nitrogens is 5. The normalized spacial score (nSPS) is 12.8. The maximum atomic E-state index is 13.2. The standard InChI is InChI=1S/C16H15F3N6O/c1-3-11(15-21-9(2)26-25-15)22-13-8-12(16(17,18)19)23-14(24-13)10-4-6-20-7-5-10/h4-8,11H,3H2,1-2H3,(H,22,23,24). The lowest BCUT2D eigenvalue weighted by molar-refractivity contribution is -0.141. The maximum Gasteiger partial charge on any atom is 0.433 e. The van der Waals surface area contributed by atoms with Gasteiger partial charge in [-0.2, -0.15) is 18.2 Å². The van der Waals surface area contributed by atoms with Crippen molar-refractivity contribution in [2.45, 2.75) is 32.5 Å². The van der Waals surface area contributed by atoms with E-state index < -0.39 is 17.9 Å². The molecule has 7 nitrogen and oxygen atoms in total. The van der Waals surface area contributed by atoms with Crippen LogP contribution in [0.2, 0.25) is 0 Å². The van der Waals surface area contributed by atoms with Gasteiger partial charge < -0.3 is 9.84 Å². The molecule has 0 saturated carbocycles. The van der Waals surface area contributed by atoms with Crippen LogP contribution in [0.5, 0.6) is 0 Å². The van der Waals surface area contributed by atoms with E-state index in [2.05, 4.69) is 30.4 Å². The summed E-state index contributed by atoms with van der Waals surface area (Å²) in [4.78, 5) is 15.8. The molecular weight excluding hydrogens is 349 g/mol. The highest BCUT2D eigenvalue weighted by molar-refractivity contribution is 5.57. The molecule has 3 heterocycles. The van der Waals surface area contributed by atoms with Gasteiger partial charge in [0, 0.05) is 30.9 Å². The Balaban J connectivity index is 2.00. The van der Waals surface area contributed by atoms with Crippen molar-refractivity contribution in [1.29, 1.82) is 0 Å². The summed E-state index contributed by atoms with van der Waals surface area (Å²) in [6.07, 6.45) is -1.16. The zero-order valence-electron chi connectivity index (χ0n) is 13.9. The van der Waals surface area contributed by atoms with E-state index in [1.54, 1.807) is 19.1 Å². The first kappa shape index (κ1) is 17.8. The van der Waals surface area contributed by atoms with E-state index in [9.17, 15) is 13.2 Å². The van der Waals surface area contributed by atoms with Crippen molar-refractivity contribution in [3.8, 4) is 11.4 Å². The van der Waals surface area contributed by atoms with Gasteiger partial charge in [0.25, 0.3) is 0 Å². The molecule has 1 N–H and O–H groups in total. The molecule has 0 aliphatic rings. The topological polar surface area (TPSA) is 89.6 Å². The summed E-state index contributed by atoms with van der Waals surface area (Å²) in [6, 6.07) is 3.49. The van der Waals surface area contributed by atoms with E-state index in [1.807, 2.05) is 6.92 Å². The van der Waals surface area contributed by atoms with Gasteiger partial charge in [-0.1, -0.05) is 12.1 Å². The first-order valence-corrected chi connectivity index (χ1v) is 7.80. The fraction of sp³-hybridized carbons (Fsp3) is 0.312. The smallest absolute Gasteiger partial charge is 0.360 e. The van der Waals surface area contributed by atoms with Crippen LogP contribution in [0.15, 0.2) is 35.1 Å². The molecule has 1 atom stereocenters. The van der Waals surface area contributed by atoms with Gasteiger partial charge in [0.2, 0.25) is 5.89 Å². The Kier molecular flexibility index (Phi) is 4.83. The van der Waals surface area contributed by atoms with Crippen LogP contribution in [-0.2, 0) is 6.18 Å². The number of nitrogens with zero attached hydrogens (tertiary/aromatic N) is 5. The SMILES string of the molecule is CCC(Nc1cc(C(F)(F)F)nc(-c2ccncc2)n1)c1noc(C)n1. The Labute approximate surface area is 146 Å². The number of anilines is 1. The molecule has 0 aliphatic heterocycles.